The van der Waals surface area contributed by atoms with E-state index in [-0.39, 0.29) is 42.3 Å². The third kappa shape index (κ3) is 7.09. The first-order valence-corrected chi connectivity index (χ1v) is 19.5. The number of aliphatic hydroxyl groups excluding tert-OH is 1. The number of aliphatic hydroxyl groups is 1. The molecule has 21 heteroatoms. The lowest BCUT2D eigenvalue weighted by Gasteiger charge is -2.28. The van der Waals surface area contributed by atoms with Gasteiger partial charge in [0, 0.05) is 12.6 Å². The van der Waals surface area contributed by atoms with Crippen LogP contribution in [0.15, 0.2) is 55.6 Å². The molecule has 7 rings (SSSR count). The van der Waals surface area contributed by atoms with Gasteiger partial charge in [-0.05, 0) is 37.3 Å². The summed E-state index contributed by atoms with van der Waals surface area (Å²) in [6.45, 7) is -1.11. The van der Waals surface area contributed by atoms with Gasteiger partial charge in [0.05, 0.1) is 50.2 Å². The van der Waals surface area contributed by atoms with Crippen LogP contribution in [-0.4, -0.2) is 107 Å². The number of ether oxygens (including phenoxy) is 2. The molecule has 2 aliphatic heterocycles. The molecule has 54 heavy (non-hydrogen) atoms. The van der Waals surface area contributed by atoms with E-state index in [1.165, 1.54) is 39.3 Å². The third-order valence-corrected chi connectivity index (χ3v) is 11.5. The first-order valence-electron chi connectivity index (χ1n) is 16.9. The minimum absolute atomic E-state index is 0.0817. The molecule has 1 aromatic carbocycles. The Labute approximate surface area is 312 Å². The molecule has 2 fully saturated rings. The van der Waals surface area contributed by atoms with E-state index < -0.39 is 62.5 Å². The Morgan fingerprint density at radius 3 is 2.33 bits per heavy atom. The lowest BCUT2D eigenvalue weighted by atomic mass is 10.1. The van der Waals surface area contributed by atoms with E-state index in [4.69, 9.17) is 40.1 Å². The highest BCUT2D eigenvalue weighted by Crippen LogP contribution is 2.55. The van der Waals surface area contributed by atoms with Gasteiger partial charge in [-0.25, -0.2) is 38.7 Å². The fraction of sp³-hybridized carbons (Fsp3) is 0.455. The Bertz CT molecular complexity index is 2230. The molecule has 284 valence electrons. The maximum absolute atomic E-state index is 16.6. The maximum atomic E-state index is 16.6. The molecule has 0 saturated carbocycles. The Hall–Kier alpha value is -4.45. The minimum Gasteiger partial charge on any atom is -0.387 e. The zero-order chi connectivity index (χ0) is 38.1. The highest BCUT2D eigenvalue weighted by molar-refractivity contribution is 8.07. The number of aromatic nitrogens is 8. The zero-order valence-corrected chi connectivity index (χ0v) is 30.8. The first kappa shape index (κ1) is 37.8. The Morgan fingerprint density at radius 2 is 1.63 bits per heavy atom. The second-order valence-corrected chi connectivity index (χ2v) is 15.5. The molecule has 9 atom stereocenters. The van der Waals surface area contributed by atoms with Gasteiger partial charge < -0.3 is 23.6 Å². The largest absolute Gasteiger partial charge is 0.387 e. The quantitative estimate of drug-likeness (QED) is 0.132. The fourth-order valence-electron chi connectivity index (χ4n) is 6.35. The van der Waals surface area contributed by atoms with Crippen LogP contribution in [0.25, 0.3) is 22.3 Å². The summed E-state index contributed by atoms with van der Waals surface area (Å²) in [6, 6.07) is 10.6. The molecule has 6 heterocycles. The molecule has 0 bridgehead atoms. The van der Waals surface area contributed by atoms with Crippen LogP contribution in [0.3, 0.4) is 0 Å². The standard InChI is InChI=1S/C33H35F2N10O7PS/c1-4-20-27(23(35)33(50-20)45-17-42-25-28(38-15-40-30(25)45)43(3)31(47)19-9-6-5-7-10-19)52-53(54,48-12-8-11-36)49-13-21-26(46)22(34)32(51-21)44-16-41-24-18(2)37-14-39-29(24)44/h5-7,9-10,14-17,20-23,26-27,32-33,46H,4,8,12-13H2,1-3H3/t20-,21-,22-,23-,26-,27-,32-,33-,53?/m1/s1. The lowest BCUT2D eigenvalue weighted by Crippen LogP contribution is -2.33. The summed E-state index contributed by atoms with van der Waals surface area (Å²) >= 11 is 5.69. The number of alkyl halides is 2. The predicted octanol–water partition coefficient (Wildman–Crippen LogP) is 4.05. The SMILES string of the molecule is CC[C@H]1O[C@@H](n2cnc3c(N(C)C(=O)c4ccccc4)ncnc32)[C@H](F)[C@@H]1OP(=S)(OCCC#N)OC[C@H]1O[C@@H](n2cnc3c(C)ncnc32)[C@H](F)[C@@H]1O. The van der Waals surface area contributed by atoms with Crippen LogP contribution in [0.2, 0.25) is 0 Å². The van der Waals surface area contributed by atoms with E-state index >= 15 is 8.78 Å². The molecule has 4 aromatic heterocycles. The number of rotatable bonds is 13. The molecule has 0 aliphatic carbocycles. The van der Waals surface area contributed by atoms with Gasteiger partial charge in [-0.15, -0.1) is 0 Å². The van der Waals surface area contributed by atoms with Crippen LogP contribution in [-0.2, 0) is 34.9 Å². The summed E-state index contributed by atoms with van der Waals surface area (Å²) in [5.74, 6) is -0.130. The smallest absolute Gasteiger partial charge is 0.327 e. The van der Waals surface area contributed by atoms with Crippen molar-refractivity contribution in [2.45, 2.75) is 75.9 Å². The van der Waals surface area contributed by atoms with E-state index in [9.17, 15) is 9.90 Å². The Kier molecular flexibility index (Phi) is 11.0. The van der Waals surface area contributed by atoms with Crippen LogP contribution in [0.4, 0.5) is 14.6 Å². The molecule has 1 amide bonds. The van der Waals surface area contributed by atoms with Crippen LogP contribution < -0.4 is 4.90 Å². The number of amides is 1. The van der Waals surface area contributed by atoms with Gasteiger partial charge in [-0.3, -0.25) is 23.4 Å². The number of aryl methyl sites for hydroxylation is 1. The normalized spacial score (nSPS) is 26.6. The highest BCUT2D eigenvalue weighted by atomic mass is 32.5. The van der Waals surface area contributed by atoms with Gasteiger partial charge in [-0.2, -0.15) is 5.26 Å². The number of carbonyl (C=O) groups is 1. The number of benzene rings is 1. The van der Waals surface area contributed by atoms with Crippen LogP contribution in [0.5, 0.6) is 0 Å². The van der Waals surface area contributed by atoms with E-state index in [2.05, 4.69) is 29.9 Å². The average molecular weight is 785 g/mol. The summed E-state index contributed by atoms with van der Waals surface area (Å²) in [7, 11) is 1.55. The van der Waals surface area contributed by atoms with E-state index in [1.54, 1.807) is 51.2 Å². The summed E-state index contributed by atoms with van der Waals surface area (Å²) < 4.78 is 64.7. The summed E-state index contributed by atoms with van der Waals surface area (Å²) in [5.41, 5.74) is 2.21. The van der Waals surface area contributed by atoms with Crippen LogP contribution in [0, 0.1) is 18.3 Å². The molecule has 5 aromatic rings. The number of halogens is 2. The first-order chi connectivity index (χ1) is 26.0. The van der Waals surface area contributed by atoms with Crippen LogP contribution in [0.1, 0.15) is 48.3 Å². The van der Waals surface area contributed by atoms with Crippen LogP contribution >= 0.6 is 6.72 Å². The van der Waals surface area contributed by atoms with Crippen molar-refractivity contribution in [1.82, 2.24) is 39.0 Å². The molecular weight excluding hydrogens is 749 g/mol. The zero-order valence-electron chi connectivity index (χ0n) is 29.1. The molecule has 0 radical (unpaired) electrons. The molecule has 1 N–H and O–H groups in total. The molecule has 2 saturated heterocycles. The number of carbonyl (C=O) groups excluding carboxylic acids is 1. The van der Waals surface area contributed by atoms with E-state index in [0.29, 0.717) is 22.4 Å². The summed E-state index contributed by atoms with van der Waals surface area (Å²) in [6.07, 6.45) is -6.01. The van der Waals surface area contributed by atoms with Crippen molar-refractivity contribution >= 4 is 52.6 Å². The number of imidazole rings is 2. The number of hydrogen-bond acceptors (Lipinski definition) is 15. The lowest BCUT2D eigenvalue weighted by molar-refractivity contribution is -0.0486. The Morgan fingerprint density at radius 1 is 0.981 bits per heavy atom. The van der Waals surface area contributed by atoms with E-state index in [0.717, 1.165) is 0 Å². The number of anilines is 1. The Balaban J connectivity index is 1.09. The van der Waals surface area contributed by atoms with Gasteiger partial charge in [0.15, 0.2) is 47.4 Å². The van der Waals surface area contributed by atoms with Gasteiger partial charge in [-0.1, -0.05) is 25.1 Å². The molecule has 2 aliphatic rings. The van der Waals surface area contributed by atoms with Crippen molar-refractivity contribution in [3.8, 4) is 6.07 Å². The molecular formula is C33H35F2N10O7PS. The fourth-order valence-corrected chi connectivity index (χ4v) is 8.44. The van der Waals surface area contributed by atoms with Crippen molar-refractivity contribution in [2.24, 2.45) is 0 Å². The molecule has 0 spiro atoms. The minimum atomic E-state index is -3.91. The van der Waals surface area contributed by atoms with Crippen molar-refractivity contribution < 1.29 is 41.7 Å². The van der Waals surface area contributed by atoms with Gasteiger partial charge in [0.1, 0.15) is 36.5 Å². The highest BCUT2D eigenvalue weighted by Gasteiger charge is 2.51. The van der Waals surface area contributed by atoms with Crippen molar-refractivity contribution in [2.75, 3.05) is 25.2 Å². The number of nitrogens with zero attached hydrogens (tertiary/aromatic N) is 10. The second-order valence-electron chi connectivity index (χ2n) is 12.5. The van der Waals surface area contributed by atoms with Crippen molar-refractivity contribution in [1.29, 1.82) is 5.26 Å². The number of nitriles is 1. The number of hydrogen-bond donors (Lipinski definition) is 1. The number of fused-ring (bicyclic) bond motifs is 2. The topological polar surface area (TPSA) is 198 Å². The maximum Gasteiger partial charge on any atom is 0.327 e. The average Bonchev–Trinajstić information content (AvgIpc) is 3.95. The van der Waals surface area contributed by atoms with Gasteiger partial charge >= 0.3 is 6.72 Å². The monoisotopic (exact) mass is 784 g/mol. The van der Waals surface area contributed by atoms with E-state index in [1.807, 2.05) is 6.07 Å². The van der Waals surface area contributed by atoms with Crippen molar-refractivity contribution in [3.05, 3.63) is 66.9 Å². The van der Waals surface area contributed by atoms with Gasteiger partial charge in [0.25, 0.3) is 5.91 Å². The summed E-state index contributed by atoms with van der Waals surface area (Å²) in [5, 5.41) is 20.0. The molecule has 1 unspecified atom stereocenters. The summed E-state index contributed by atoms with van der Waals surface area (Å²) in [4.78, 5) is 40.0. The second kappa shape index (κ2) is 15.7. The molecule has 17 nitrogen and oxygen atoms in total. The predicted molar refractivity (Wildman–Crippen MR) is 190 cm³/mol. The van der Waals surface area contributed by atoms with Crippen molar-refractivity contribution in [3.63, 3.8) is 0 Å². The van der Waals surface area contributed by atoms with Gasteiger partial charge in [0.2, 0.25) is 0 Å². The third-order valence-electron chi connectivity index (χ3n) is 9.15.